The summed E-state index contributed by atoms with van der Waals surface area (Å²) in [4.78, 5) is 2.14. The van der Waals surface area contributed by atoms with E-state index in [0.717, 1.165) is 0 Å². The first-order chi connectivity index (χ1) is 7.65. The van der Waals surface area contributed by atoms with E-state index < -0.39 is 0 Å². The van der Waals surface area contributed by atoms with Gasteiger partial charge in [0, 0.05) is 19.8 Å². The predicted molar refractivity (Wildman–Crippen MR) is 80.6 cm³/mol. The molecule has 3 heteroatoms. The van der Waals surface area contributed by atoms with Crippen molar-refractivity contribution in [2.75, 3.05) is 31.4 Å². The Morgan fingerprint density at radius 3 is 2.31 bits per heavy atom. The topological polar surface area (TPSA) is 3.24 Å². The Morgan fingerprint density at radius 1 is 1.19 bits per heavy atom. The number of rotatable bonds is 6. The number of hydrogen-bond acceptors (Lipinski definition) is 2. The SMILES string of the molecule is CCCCSP(C)c1ccc(N(C)C)cc1. The molecule has 0 spiro atoms. The fraction of sp³-hybridized carbons (Fsp3) is 0.538. The van der Waals surface area contributed by atoms with E-state index in [1.807, 2.05) is 0 Å². The maximum atomic E-state index is 2.36. The Bertz CT molecular complexity index is 297. The number of nitrogens with zero attached hydrogens (tertiary/aromatic N) is 1. The largest absolute Gasteiger partial charge is 0.378 e. The van der Waals surface area contributed by atoms with Gasteiger partial charge in [-0.25, -0.2) is 0 Å². The van der Waals surface area contributed by atoms with E-state index in [0.29, 0.717) is 0 Å². The molecule has 16 heavy (non-hydrogen) atoms. The molecule has 0 N–H and O–H groups in total. The van der Waals surface area contributed by atoms with Crippen molar-refractivity contribution in [2.45, 2.75) is 19.8 Å². The fourth-order valence-corrected chi connectivity index (χ4v) is 4.81. The lowest BCUT2D eigenvalue weighted by Gasteiger charge is -2.15. The summed E-state index contributed by atoms with van der Waals surface area (Å²) in [6.45, 7) is 4.62. The second kappa shape index (κ2) is 7.19. The van der Waals surface area contributed by atoms with Gasteiger partial charge in [-0.3, -0.25) is 0 Å². The molecule has 1 aromatic carbocycles. The molecule has 0 radical (unpaired) electrons. The van der Waals surface area contributed by atoms with Crippen LogP contribution in [-0.4, -0.2) is 26.5 Å². The van der Waals surface area contributed by atoms with Crippen LogP contribution in [0.25, 0.3) is 0 Å². The standard InChI is InChI=1S/C13H22NPS/c1-5-6-11-16-15(4)13-9-7-12(8-10-13)14(2)3/h7-10H,5-6,11H2,1-4H3. The zero-order valence-corrected chi connectivity index (χ0v) is 12.4. The van der Waals surface area contributed by atoms with Crippen molar-refractivity contribution < 1.29 is 0 Å². The maximum absolute atomic E-state index is 2.36. The van der Waals surface area contributed by atoms with Crippen LogP contribution in [-0.2, 0) is 0 Å². The molecule has 0 saturated carbocycles. The lowest BCUT2D eigenvalue weighted by molar-refractivity contribution is 0.898. The molecule has 1 unspecified atom stereocenters. The maximum Gasteiger partial charge on any atom is 0.0361 e. The molecule has 0 saturated heterocycles. The molecular formula is C13H22NPS. The van der Waals surface area contributed by atoms with E-state index in [4.69, 9.17) is 0 Å². The first kappa shape index (κ1) is 13.9. The molecule has 0 fully saturated rings. The average Bonchev–Trinajstić information content (AvgIpc) is 2.29. The van der Waals surface area contributed by atoms with Gasteiger partial charge in [-0.2, -0.15) is 0 Å². The van der Waals surface area contributed by atoms with Crippen molar-refractivity contribution in [3.63, 3.8) is 0 Å². The van der Waals surface area contributed by atoms with Gasteiger partial charge in [0.2, 0.25) is 0 Å². The van der Waals surface area contributed by atoms with Crippen molar-refractivity contribution in [1.29, 1.82) is 0 Å². The van der Waals surface area contributed by atoms with Gasteiger partial charge in [-0.05, 0) is 43.4 Å². The third kappa shape index (κ3) is 4.35. The van der Waals surface area contributed by atoms with Gasteiger partial charge in [0.25, 0.3) is 0 Å². The monoisotopic (exact) mass is 255 g/mol. The van der Waals surface area contributed by atoms with Crippen LogP contribution in [0, 0.1) is 0 Å². The van der Waals surface area contributed by atoms with Gasteiger partial charge >= 0.3 is 0 Å². The van der Waals surface area contributed by atoms with Crippen LogP contribution < -0.4 is 10.2 Å². The molecule has 1 rings (SSSR count). The zero-order valence-electron chi connectivity index (χ0n) is 10.7. The summed E-state index contributed by atoms with van der Waals surface area (Å²) in [5.41, 5.74) is 1.28. The van der Waals surface area contributed by atoms with Crippen molar-refractivity contribution in [1.82, 2.24) is 0 Å². The van der Waals surface area contributed by atoms with Gasteiger partial charge in [0.05, 0.1) is 0 Å². The first-order valence-electron chi connectivity index (χ1n) is 5.79. The molecule has 0 bridgehead atoms. The van der Waals surface area contributed by atoms with Crippen LogP contribution in [0.2, 0.25) is 0 Å². The molecule has 0 aromatic heterocycles. The van der Waals surface area contributed by atoms with Crippen LogP contribution in [0.3, 0.4) is 0 Å². The molecule has 0 aliphatic heterocycles. The van der Waals surface area contributed by atoms with Gasteiger partial charge in [0.1, 0.15) is 0 Å². The average molecular weight is 255 g/mol. The molecule has 0 heterocycles. The molecule has 1 atom stereocenters. The van der Waals surface area contributed by atoms with E-state index in [1.54, 1.807) is 0 Å². The van der Waals surface area contributed by atoms with Crippen LogP contribution in [0.15, 0.2) is 24.3 Å². The molecule has 1 nitrogen and oxygen atoms in total. The molecule has 0 amide bonds. The first-order valence-corrected chi connectivity index (χ1v) is 9.17. The van der Waals surface area contributed by atoms with Gasteiger partial charge in [-0.15, -0.1) is 11.4 Å². The Morgan fingerprint density at radius 2 is 1.81 bits per heavy atom. The minimum Gasteiger partial charge on any atom is -0.378 e. The summed E-state index contributed by atoms with van der Waals surface area (Å²) in [5, 5.41) is 1.50. The Kier molecular flexibility index (Phi) is 6.23. The summed E-state index contributed by atoms with van der Waals surface area (Å²) in [6, 6.07) is 8.99. The summed E-state index contributed by atoms with van der Waals surface area (Å²) in [5.74, 6) is 1.30. The van der Waals surface area contributed by atoms with Crippen LogP contribution in [0.1, 0.15) is 19.8 Å². The lowest BCUT2D eigenvalue weighted by Crippen LogP contribution is -2.09. The summed E-state index contributed by atoms with van der Waals surface area (Å²) < 4.78 is 0. The Labute approximate surface area is 105 Å². The summed E-state index contributed by atoms with van der Waals surface area (Å²) in [6.07, 6.45) is 2.64. The highest BCUT2D eigenvalue weighted by Crippen LogP contribution is 2.45. The van der Waals surface area contributed by atoms with Crippen LogP contribution >= 0.6 is 18.5 Å². The third-order valence-corrected chi connectivity index (χ3v) is 6.74. The predicted octanol–water partition coefficient (Wildman–Crippen LogP) is 3.94. The smallest absolute Gasteiger partial charge is 0.0361 e. The molecule has 90 valence electrons. The quantitative estimate of drug-likeness (QED) is 0.559. The van der Waals surface area contributed by atoms with Crippen molar-refractivity contribution in [3.05, 3.63) is 24.3 Å². The summed E-state index contributed by atoms with van der Waals surface area (Å²) in [7, 11) is 4.15. The van der Waals surface area contributed by atoms with Gasteiger partial charge < -0.3 is 4.90 Å². The highest BCUT2D eigenvalue weighted by Gasteiger charge is 2.05. The molecule has 1 aromatic rings. The highest BCUT2D eigenvalue weighted by atomic mass is 32.7. The second-order valence-corrected chi connectivity index (χ2v) is 8.69. The second-order valence-electron chi connectivity index (χ2n) is 4.10. The summed E-state index contributed by atoms with van der Waals surface area (Å²) >= 11 is 2.12. The minimum absolute atomic E-state index is 0.0208. The fourth-order valence-electron chi connectivity index (χ4n) is 1.38. The van der Waals surface area contributed by atoms with Gasteiger partial charge in [0.15, 0.2) is 0 Å². The minimum atomic E-state index is -0.0208. The highest BCUT2D eigenvalue weighted by molar-refractivity contribution is 8.57. The number of hydrogen-bond donors (Lipinski definition) is 0. The number of anilines is 1. The van der Waals surface area contributed by atoms with Crippen molar-refractivity contribution >= 4 is 29.5 Å². The van der Waals surface area contributed by atoms with E-state index >= 15 is 0 Å². The van der Waals surface area contributed by atoms with Crippen LogP contribution in [0.5, 0.6) is 0 Å². The molecular weight excluding hydrogens is 233 g/mol. The number of benzene rings is 1. The zero-order chi connectivity index (χ0) is 12.0. The number of unbranched alkanes of at least 4 members (excludes halogenated alkanes) is 1. The third-order valence-electron chi connectivity index (χ3n) is 2.51. The van der Waals surface area contributed by atoms with E-state index in [9.17, 15) is 0 Å². The Hall–Kier alpha value is -0.200. The Balaban J connectivity index is 2.52. The molecule has 0 aliphatic carbocycles. The van der Waals surface area contributed by atoms with Gasteiger partial charge in [-0.1, -0.05) is 25.5 Å². The van der Waals surface area contributed by atoms with Crippen LogP contribution in [0.4, 0.5) is 5.69 Å². The van der Waals surface area contributed by atoms with Crippen molar-refractivity contribution in [3.8, 4) is 0 Å². The molecule has 0 aliphatic rings. The van der Waals surface area contributed by atoms with E-state index in [2.05, 4.69) is 68.2 Å². The normalized spacial score (nSPS) is 12.5. The van der Waals surface area contributed by atoms with E-state index in [1.165, 1.54) is 29.6 Å². The van der Waals surface area contributed by atoms with E-state index in [-0.39, 0.29) is 7.12 Å². The lowest BCUT2D eigenvalue weighted by atomic mass is 10.3. The van der Waals surface area contributed by atoms with Crippen molar-refractivity contribution in [2.24, 2.45) is 0 Å².